The van der Waals surface area contributed by atoms with E-state index >= 15 is 0 Å². The summed E-state index contributed by atoms with van der Waals surface area (Å²) in [4.78, 5) is 36.2. The zero-order chi connectivity index (χ0) is 19.2. The number of nitrogens with one attached hydrogen (secondary N) is 1. The van der Waals surface area contributed by atoms with Crippen LogP contribution in [0.15, 0.2) is 53.3 Å². The lowest BCUT2D eigenvalue weighted by Crippen LogP contribution is -2.33. The van der Waals surface area contributed by atoms with Crippen LogP contribution in [0, 0.1) is 0 Å². The van der Waals surface area contributed by atoms with Crippen molar-refractivity contribution in [1.29, 1.82) is 0 Å². The number of nitrogens with zero attached hydrogens (tertiary/aromatic N) is 3. The third-order valence-corrected chi connectivity index (χ3v) is 3.72. The molecule has 1 aromatic heterocycles. The number of fused-ring (bicyclic) bond motifs is 1. The maximum absolute atomic E-state index is 12.2. The van der Waals surface area contributed by atoms with Crippen molar-refractivity contribution in [3.8, 4) is 5.75 Å². The molecule has 0 fully saturated rings. The van der Waals surface area contributed by atoms with E-state index in [2.05, 4.69) is 15.6 Å². The Labute approximate surface area is 153 Å². The van der Waals surface area contributed by atoms with Crippen LogP contribution < -0.4 is 15.6 Å². The fourth-order valence-corrected chi connectivity index (χ4v) is 2.37. The molecule has 138 valence electrons. The molecule has 27 heavy (non-hydrogen) atoms. The topological polar surface area (TPSA) is 112 Å². The standard InChI is InChI=1S/C18H16N4O5/c1-26-15-9-5-3-7-13(15)17(24)19-10-16(23)27-11-22-18(25)12-6-2-4-8-14(12)20-21-22/h2-9H,10-11H2,1H3,(H,19,24). The van der Waals surface area contributed by atoms with Crippen molar-refractivity contribution in [1.82, 2.24) is 20.3 Å². The quantitative estimate of drug-likeness (QED) is 0.638. The minimum absolute atomic E-state index is 0.296. The molecule has 0 aliphatic heterocycles. The van der Waals surface area contributed by atoms with E-state index < -0.39 is 24.2 Å². The van der Waals surface area contributed by atoms with Gasteiger partial charge in [0.25, 0.3) is 11.5 Å². The van der Waals surface area contributed by atoms with Crippen molar-refractivity contribution < 1.29 is 19.1 Å². The Morgan fingerprint density at radius 2 is 1.85 bits per heavy atom. The highest BCUT2D eigenvalue weighted by molar-refractivity contribution is 5.98. The lowest BCUT2D eigenvalue weighted by atomic mass is 10.2. The highest BCUT2D eigenvalue weighted by atomic mass is 16.5. The molecule has 0 atom stereocenters. The first-order valence-electron chi connectivity index (χ1n) is 7.99. The Morgan fingerprint density at radius 3 is 2.67 bits per heavy atom. The third-order valence-electron chi connectivity index (χ3n) is 3.72. The Balaban J connectivity index is 1.58. The minimum atomic E-state index is -0.722. The van der Waals surface area contributed by atoms with Crippen molar-refractivity contribution in [2.45, 2.75) is 6.73 Å². The highest BCUT2D eigenvalue weighted by Gasteiger charge is 2.13. The zero-order valence-corrected chi connectivity index (χ0v) is 14.4. The van der Waals surface area contributed by atoms with E-state index in [1.807, 2.05) is 0 Å². The van der Waals surface area contributed by atoms with Crippen molar-refractivity contribution in [2.24, 2.45) is 0 Å². The Kier molecular flexibility index (Phi) is 5.41. The number of carbonyl (C=O) groups is 2. The molecule has 2 aromatic carbocycles. The van der Waals surface area contributed by atoms with Gasteiger partial charge in [-0.1, -0.05) is 29.5 Å². The number of hydrogen-bond acceptors (Lipinski definition) is 7. The number of para-hydroxylation sites is 1. The van der Waals surface area contributed by atoms with Crippen LogP contribution in [0.5, 0.6) is 5.75 Å². The number of carbonyl (C=O) groups excluding carboxylic acids is 2. The molecule has 9 heteroatoms. The van der Waals surface area contributed by atoms with E-state index in [-0.39, 0.29) is 6.54 Å². The van der Waals surface area contributed by atoms with Gasteiger partial charge >= 0.3 is 5.97 Å². The summed E-state index contributed by atoms with van der Waals surface area (Å²) in [5.41, 5.74) is 0.324. The first-order valence-corrected chi connectivity index (χ1v) is 7.99. The van der Waals surface area contributed by atoms with Crippen molar-refractivity contribution in [2.75, 3.05) is 13.7 Å². The molecule has 0 aliphatic rings. The molecule has 3 rings (SSSR count). The van der Waals surface area contributed by atoms with Gasteiger partial charge in [0.1, 0.15) is 17.8 Å². The van der Waals surface area contributed by atoms with Crippen LogP contribution in [-0.2, 0) is 16.3 Å². The molecular weight excluding hydrogens is 352 g/mol. The van der Waals surface area contributed by atoms with Gasteiger partial charge < -0.3 is 14.8 Å². The smallest absolute Gasteiger partial charge is 0.327 e. The van der Waals surface area contributed by atoms with E-state index in [1.165, 1.54) is 7.11 Å². The average Bonchev–Trinajstić information content (AvgIpc) is 2.71. The number of esters is 1. The van der Waals surface area contributed by atoms with Crippen LogP contribution in [0.2, 0.25) is 0 Å². The molecule has 9 nitrogen and oxygen atoms in total. The van der Waals surface area contributed by atoms with Crippen LogP contribution in [0.1, 0.15) is 10.4 Å². The molecule has 0 aliphatic carbocycles. The lowest BCUT2D eigenvalue weighted by molar-refractivity contribution is -0.146. The molecule has 0 saturated heterocycles. The summed E-state index contributed by atoms with van der Waals surface area (Å²) in [6.45, 7) is -0.771. The molecule has 1 heterocycles. The van der Waals surface area contributed by atoms with Gasteiger partial charge in [-0.2, -0.15) is 4.68 Å². The third kappa shape index (κ3) is 4.09. The minimum Gasteiger partial charge on any atom is -0.496 e. The van der Waals surface area contributed by atoms with Gasteiger partial charge in [0.15, 0.2) is 6.73 Å². The second kappa shape index (κ2) is 8.09. The SMILES string of the molecule is COc1ccccc1C(=O)NCC(=O)OCn1nnc2ccccc2c1=O. The van der Waals surface area contributed by atoms with Crippen LogP contribution in [-0.4, -0.2) is 40.5 Å². The number of aromatic nitrogens is 3. The second-order valence-electron chi connectivity index (χ2n) is 5.44. The zero-order valence-electron chi connectivity index (χ0n) is 14.4. The molecule has 0 saturated carbocycles. The molecule has 0 spiro atoms. The van der Waals surface area contributed by atoms with Gasteiger partial charge in [0.05, 0.1) is 18.1 Å². The summed E-state index contributed by atoms with van der Waals surface area (Å²) in [7, 11) is 1.45. The van der Waals surface area contributed by atoms with Gasteiger partial charge in [-0.3, -0.25) is 14.4 Å². The molecule has 3 aromatic rings. The summed E-state index contributed by atoms with van der Waals surface area (Å²) in [6.07, 6.45) is 0. The van der Waals surface area contributed by atoms with Gasteiger partial charge in [-0.15, -0.1) is 5.10 Å². The summed E-state index contributed by atoms with van der Waals surface area (Å²) in [6, 6.07) is 13.3. The van der Waals surface area contributed by atoms with E-state index in [9.17, 15) is 14.4 Å². The van der Waals surface area contributed by atoms with Gasteiger partial charge in [0.2, 0.25) is 0 Å². The van der Waals surface area contributed by atoms with Crippen LogP contribution in [0.4, 0.5) is 0 Å². The molecule has 1 N–H and O–H groups in total. The maximum atomic E-state index is 12.2. The number of benzene rings is 2. The summed E-state index contributed by atoms with van der Waals surface area (Å²) >= 11 is 0. The van der Waals surface area contributed by atoms with Crippen molar-refractivity contribution in [3.05, 3.63) is 64.4 Å². The Hall–Kier alpha value is -3.75. The lowest BCUT2D eigenvalue weighted by Gasteiger charge is -2.09. The molecular formula is C18H16N4O5. The summed E-state index contributed by atoms with van der Waals surface area (Å²) < 4.78 is 11.0. The summed E-state index contributed by atoms with van der Waals surface area (Å²) in [5, 5.41) is 10.4. The van der Waals surface area contributed by atoms with Crippen LogP contribution >= 0.6 is 0 Å². The number of ether oxygens (including phenoxy) is 2. The Bertz CT molecular complexity index is 1050. The van der Waals surface area contributed by atoms with Crippen molar-refractivity contribution in [3.63, 3.8) is 0 Å². The van der Waals surface area contributed by atoms with E-state index in [0.29, 0.717) is 22.2 Å². The predicted molar refractivity (Wildman–Crippen MR) is 95.2 cm³/mol. The van der Waals surface area contributed by atoms with E-state index in [4.69, 9.17) is 9.47 Å². The molecule has 0 radical (unpaired) electrons. The number of rotatable bonds is 6. The van der Waals surface area contributed by atoms with E-state index in [0.717, 1.165) is 4.68 Å². The van der Waals surface area contributed by atoms with Crippen LogP contribution in [0.25, 0.3) is 10.9 Å². The molecule has 0 bridgehead atoms. The number of methoxy groups -OCH3 is 1. The maximum Gasteiger partial charge on any atom is 0.327 e. The highest BCUT2D eigenvalue weighted by Crippen LogP contribution is 2.16. The predicted octanol–water partition coefficient (Wildman–Crippen LogP) is 0.731. The second-order valence-corrected chi connectivity index (χ2v) is 5.44. The number of amides is 1. The van der Waals surface area contributed by atoms with Gasteiger partial charge in [-0.05, 0) is 24.3 Å². The Morgan fingerprint density at radius 1 is 1.11 bits per heavy atom. The fourth-order valence-electron chi connectivity index (χ4n) is 2.37. The summed E-state index contributed by atoms with van der Waals surface area (Å²) in [5.74, 6) is -0.812. The first kappa shape index (κ1) is 18.1. The van der Waals surface area contributed by atoms with Gasteiger partial charge in [0, 0.05) is 0 Å². The molecule has 1 amide bonds. The first-order chi connectivity index (χ1) is 13.1. The van der Waals surface area contributed by atoms with Gasteiger partial charge in [-0.25, -0.2) is 0 Å². The van der Waals surface area contributed by atoms with E-state index in [1.54, 1.807) is 48.5 Å². The van der Waals surface area contributed by atoms with Crippen LogP contribution in [0.3, 0.4) is 0 Å². The monoisotopic (exact) mass is 368 g/mol. The normalized spacial score (nSPS) is 10.4. The molecule has 0 unspecified atom stereocenters. The van der Waals surface area contributed by atoms with Crippen molar-refractivity contribution >= 4 is 22.8 Å². The fraction of sp³-hybridized carbons (Fsp3) is 0.167. The number of hydrogen-bond donors (Lipinski definition) is 1. The average molecular weight is 368 g/mol. The largest absolute Gasteiger partial charge is 0.496 e.